The maximum atomic E-state index is 14.8. The molecular formula is C28H22F7NSi. The van der Waals surface area contributed by atoms with Crippen LogP contribution in [0.15, 0.2) is 60.8 Å². The number of fused-ring (bicyclic) bond motifs is 5. The summed E-state index contributed by atoms with van der Waals surface area (Å²) in [5.74, 6) is 0. The van der Waals surface area contributed by atoms with Crippen LogP contribution in [0.1, 0.15) is 16.7 Å². The quantitative estimate of drug-likeness (QED) is 0.191. The van der Waals surface area contributed by atoms with Crippen molar-refractivity contribution in [2.24, 2.45) is 0 Å². The fourth-order valence-electron chi connectivity index (χ4n) is 5.70. The lowest BCUT2D eigenvalue weighted by molar-refractivity contribution is -0.348. The van der Waals surface area contributed by atoms with E-state index in [-0.39, 0.29) is 5.39 Å². The van der Waals surface area contributed by atoms with Gasteiger partial charge in [-0.1, -0.05) is 54.6 Å². The van der Waals surface area contributed by atoms with E-state index >= 15 is 0 Å². The molecule has 0 amide bonds. The maximum Gasteiger partial charge on any atom is 0.435 e. The number of aryl methyl sites for hydroxylation is 2. The number of halogens is 7. The van der Waals surface area contributed by atoms with Crippen LogP contribution in [0.4, 0.5) is 30.7 Å². The molecule has 0 saturated heterocycles. The first-order valence-corrected chi connectivity index (χ1v) is 14.6. The molecular weight excluding hydrogens is 511 g/mol. The molecule has 3 aromatic carbocycles. The number of pyridine rings is 1. The summed E-state index contributed by atoms with van der Waals surface area (Å²) in [5.41, 5.74) is -1.20. The summed E-state index contributed by atoms with van der Waals surface area (Å²) in [4.78, 5) is 4.70. The second-order valence-corrected chi connectivity index (χ2v) is 14.4. The molecule has 0 fully saturated rings. The molecule has 0 unspecified atom stereocenters. The average molecular weight is 534 g/mol. The zero-order valence-electron chi connectivity index (χ0n) is 20.4. The molecule has 192 valence electrons. The number of hydrogen-bond donors (Lipinski definition) is 0. The topological polar surface area (TPSA) is 12.9 Å². The smallest absolute Gasteiger partial charge is 0.256 e. The van der Waals surface area contributed by atoms with Gasteiger partial charge >= 0.3 is 18.0 Å². The minimum atomic E-state index is -6.16. The van der Waals surface area contributed by atoms with E-state index in [4.69, 9.17) is 4.98 Å². The summed E-state index contributed by atoms with van der Waals surface area (Å²) in [6.45, 7) is 8.16. The Hall–Kier alpha value is -3.20. The minimum Gasteiger partial charge on any atom is -0.256 e. The Balaban J connectivity index is 1.74. The SMILES string of the molecule is Cc1cc(C)cc(-c2nccc3c2[Si](C)(C)c2c-3ccc3cc(C(F)(C(F)(F)F)C(F)(F)F)ccc23)c1. The number of rotatable bonds is 2. The van der Waals surface area contributed by atoms with Gasteiger partial charge in [0.1, 0.15) is 8.07 Å². The van der Waals surface area contributed by atoms with Crippen LogP contribution in [0.2, 0.25) is 13.1 Å². The zero-order valence-corrected chi connectivity index (χ0v) is 21.4. The number of hydrogen-bond acceptors (Lipinski definition) is 1. The molecule has 0 saturated carbocycles. The van der Waals surface area contributed by atoms with Gasteiger partial charge in [-0.3, -0.25) is 4.98 Å². The third-order valence-corrected chi connectivity index (χ3v) is 10.7. The number of nitrogens with zero attached hydrogens (tertiary/aromatic N) is 1. The van der Waals surface area contributed by atoms with Gasteiger partial charge in [0.25, 0.3) is 0 Å². The Bertz CT molecular complexity index is 1530. The van der Waals surface area contributed by atoms with Crippen molar-refractivity contribution in [3.05, 3.63) is 77.5 Å². The van der Waals surface area contributed by atoms with Crippen LogP contribution < -0.4 is 10.4 Å². The van der Waals surface area contributed by atoms with Gasteiger partial charge in [0, 0.05) is 17.3 Å². The van der Waals surface area contributed by atoms with E-state index in [0.717, 1.165) is 43.9 Å². The van der Waals surface area contributed by atoms with E-state index in [1.165, 1.54) is 12.1 Å². The van der Waals surface area contributed by atoms with Crippen molar-refractivity contribution in [1.82, 2.24) is 4.98 Å². The highest BCUT2D eigenvalue weighted by Gasteiger charge is 2.73. The lowest BCUT2D eigenvalue weighted by atomic mass is 9.91. The van der Waals surface area contributed by atoms with E-state index in [1.54, 1.807) is 12.3 Å². The molecule has 0 N–H and O–H groups in total. The summed E-state index contributed by atoms with van der Waals surface area (Å²) in [5, 5.41) is 2.58. The molecule has 1 nitrogen and oxygen atoms in total. The monoisotopic (exact) mass is 533 g/mol. The van der Waals surface area contributed by atoms with E-state index in [1.807, 2.05) is 32.0 Å². The zero-order chi connectivity index (χ0) is 27.1. The van der Waals surface area contributed by atoms with Crippen LogP contribution in [0, 0.1) is 13.8 Å². The predicted octanol–water partition coefficient (Wildman–Crippen LogP) is 7.61. The average Bonchev–Trinajstić information content (AvgIpc) is 3.03. The maximum absolute atomic E-state index is 14.8. The Morgan fingerprint density at radius 3 is 1.86 bits per heavy atom. The van der Waals surface area contributed by atoms with Gasteiger partial charge in [-0.25, -0.2) is 4.39 Å². The highest BCUT2D eigenvalue weighted by atomic mass is 28.3. The van der Waals surface area contributed by atoms with E-state index < -0.39 is 31.7 Å². The fourth-order valence-corrected chi connectivity index (χ4v) is 9.44. The van der Waals surface area contributed by atoms with E-state index in [2.05, 4.69) is 19.2 Å². The third kappa shape index (κ3) is 3.61. The van der Waals surface area contributed by atoms with Gasteiger partial charge < -0.3 is 0 Å². The number of alkyl halides is 7. The van der Waals surface area contributed by atoms with Gasteiger partial charge in [0.15, 0.2) is 0 Å². The van der Waals surface area contributed by atoms with Crippen molar-refractivity contribution in [2.75, 3.05) is 0 Å². The number of aromatic nitrogens is 1. The first kappa shape index (κ1) is 25.4. The lowest BCUT2D eigenvalue weighted by Crippen LogP contribution is -2.51. The summed E-state index contributed by atoms with van der Waals surface area (Å²) < 4.78 is 95.0. The molecule has 5 rings (SSSR count). The molecule has 2 heterocycles. The summed E-state index contributed by atoms with van der Waals surface area (Å²) >= 11 is 0. The highest BCUT2D eigenvalue weighted by Crippen LogP contribution is 2.53. The second kappa shape index (κ2) is 7.90. The van der Waals surface area contributed by atoms with Crippen molar-refractivity contribution < 1.29 is 30.7 Å². The van der Waals surface area contributed by atoms with Crippen LogP contribution in [0.5, 0.6) is 0 Å². The minimum absolute atomic E-state index is 0.126. The predicted molar refractivity (Wildman–Crippen MR) is 134 cm³/mol. The summed E-state index contributed by atoms with van der Waals surface area (Å²) in [6, 6.07) is 13.7. The molecule has 37 heavy (non-hydrogen) atoms. The van der Waals surface area contributed by atoms with Crippen molar-refractivity contribution >= 4 is 29.2 Å². The molecule has 0 aliphatic carbocycles. The van der Waals surface area contributed by atoms with Crippen molar-refractivity contribution in [3.8, 4) is 22.4 Å². The normalized spacial score (nSPS) is 15.1. The van der Waals surface area contributed by atoms with Gasteiger partial charge in [0.05, 0.1) is 5.69 Å². The van der Waals surface area contributed by atoms with E-state index in [9.17, 15) is 30.7 Å². The first-order chi connectivity index (χ1) is 17.1. The molecule has 0 atom stereocenters. The molecule has 0 radical (unpaired) electrons. The second-order valence-electron chi connectivity index (χ2n) is 10.2. The summed E-state index contributed by atoms with van der Waals surface area (Å²) in [6.07, 6.45) is -10.6. The van der Waals surface area contributed by atoms with Crippen molar-refractivity contribution in [2.45, 2.75) is 45.0 Å². The molecule has 4 aromatic rings. The molecule has 1 aromatic heterocycles. The molecule has 9 heteroatoms. The summed E-state index contributed by atoms with van der Waals surface area (Å²) in [7, 11) is -2.55. The van der Waals surface area contributed by atoms with Crippen LogP contribution in [0.25, 0.3) is 33.2 Å². The molecule has 0 spiro atoms. The van der Waals surface area contributed by atoms with Crippen LogP contribution in [0.3, 0.4) is 0 Å². The molecule has 1 aliphatic rings. The van der Waals surface area contributed by atoms with Gasteiger partial charge in [-0.05, 0) is 70.4 Å². The Morgan fingerprint density at radius 2 is 1.27 bits per heavy atom. The Labute approximate surface area is 210 Å². The van der Waals surface area contributed by atoms with Crippen LogP contribution in [-0.2, 0) is 5.67 Å². The van der Waals surface area contributed by atoms with Crippen LogP contribution >= 0.6 is 0 Å². The van der Waals surface area contributed by atoms with Crippen molar-refractivity contribution in [1.29, 1.82) is 0 Å². The first-order valence-electron chi connectivity index (χ1n) is 11.6. The Kier molecular flexibility index (Phi) is 5.43. The third-order valence-electron chi connectivity index (χ3n) is 7.19. The molecule has 0 bridgehead atoms. The van der Waals surface area contributed by atoms with Gasteiger partial charge in [0.2, 0.25) is 0 Å². The largest absolute Gasteiger partial charge is 0.435 e. The molecule has 1 aliphatic heterocycles. The Morgan fingerprint density at radius 1 is 0.676 bits per heavy atom. The fraction of sp³-hybridized carbons (Fsp3) is 0.250. The highest BCUT2D eigenvalue weighted by molar-refractivity contribution is 7.05. The van der Waals surface area contributed by atoms with Crippen molar-refractivity contribution in [3.63, 3.8) is 0 Å². The van der Waals surface area contributed by atoms with Gasteiger partial charge in [-0.2, -0.15) is 26.3 Å². The number of benzene rings is 3. The standard InChI is InChI=1S/C28H22F7NSi/c1-15-11-16(2)13-18(12-15)23-25-22(9-10-36-23)21-7-5-17-14-19(6-8-20(17)24(21)37(25,3)4)26(29,27(30,31)32)28(33,34)35/h5-14H,1-4H3. The van der Waals surface area contributed by atoms with E-state index in [0.29, 0.717) is 17.5 Å². The lowest BCUT2D eigenvalue weighted by Gasteiger charge is -2.30. The van der Waals surface area contributed by atoms with Crippen LogP contribution in [-0.4, -0.2) is 25.4 Å². The van der Waals surface area contributed by atoms with Gasteiger partial charge in [-0.15, -0.1) is 0 Å².